The van der Waals surface area contributed by atoms with Crippen LogP contribution in [0.25, 0.3) is 11.4 Å². The zero-order valence-electron chi connectivity index (χ0n) is 10.8. The molecule has 1 N–H and O–H groups in total. The van der Waals surface area contributed by atoms with Crippen LogP contribution in [-0.4, -0.2) is 16.1 Å². The van der Waals surface area contributed by atoms with Crippen molar-refractivity contribution < 1.29 is 4.39 Å². The molecule has 0 bridgehead atoms. The lowest BCUT2D eigenvalue weighted by Crippen LogP contribution is -2.13. The molecular weight excluding hydrogens is 229 g/mol. The molecule has 1 heterocycles. The van der Waals surface area contributed by atoms with Crippen molar-refractivity contribution in [3.63, 3.8) is 0 Å². The molecule has 0 aliphatic carbocycles. The van der Waals surface area contributed by atoms with E-state index in [4.69, 9.17) is 0 Å². The van der Waals surface area contributed by atoms with Crippen LogP contribution in [0.2, 0.25) is 0 Å². The van der Waals surface area contributed by atoms with Gasteiger partial charge in [0.05, 0.1) is 5.56 Å². The van der Waals surface area contributed by atoms with Crippen molar-refractivity contribution in [2.24, 2.45) is 7.05 Å². The number of imidazole rings is 1. The maximum atomic E-state index is 13.8. The first-order valence-corrected chi connectivity index (χ1v) is 6.19. The van der Waals surface area contributed by atoms with E-state index in [1.54, 1.807) is 6.20 Å². The summed E-state index contributed by atoms with van der Waals surface area (Å²) in [6.45, 7) is 3.84. The van der Waals surface area contributed by atoms with Gasteiger partial charge in [0.2, 0.25) is 0 Å². The fourth-order valence-corrected chi connectivity index (χ4v) is 1.89. The van der Waals surface area contributed by atoms with Crippen molar-refractivity contribution in [2.75, 3.05) is 6.54 Å². The molecule has 1 aromatic carbocycles. The van der Waals surface area contributed by atoms with Gasteiger partial charge >= 0.3 is 0 Å². The van der Waals surface area contributed by atoms with Crippen molar-refractivity contribution >= 4 is 0 Å². The number of aromatic nitrogens is 2. The molecule has 0 spiro atoms. The Morgan fingerprint density at radius 1 is 1.39 bits per heavy atom. The smallest absolute Gasteiger partial charge is 0.142 e. The molecule has 3 nitrogen and oxygen atoms in total. The number of halogens is 1. The Labute approximate surface area is 107 Å². The first-order chi connectivity index (χ1) is 8.72. The van der Waals surface area contributed by atoms with Gasteiger partial charge in [0.15, 0.2) is 0 Å². The van der Waals surface area contributed by atoms with Crippen molar-refractivity contribution in [1.82, 2.24) is 14.9 Å². The molecule has 2 aromatic rings. The van der Waals surface area contributed by atoms with Crippen LogP contribution in [0.15, 0.2) is 30.6 Å². The first-order valence-electron chi connectivity index (χ1n) is 6.19. The maximum Gasteiger partial charge on any atom is 0.142 e. The van der Waals surface area contributed by atoms with Gasteiger partial charge in [0.25, 0.3) is 0 Å². The third kappa shape index (κ3) is 2.76. The van der Waals surface area contributed by atoms with Gasteiger partial charge in [-0.25, -0.2) is 9.37 Å². The molecule has 0 unspecified atom stereocenters. The highest BCUT2D eigenvalue weighted by atomic mass is 19.1. The summed E-state index contributed by atoms with van der Waals surface area (Å²) >= 11 is 0. The van der Waals surface area contributed by atoms with Gasteiger partial charge in [-0.2, -0.15) is 0 Å². The number of rotatable bonds is 5. The van der Waals surface area contributed by atoms with Crippen LogP contribution < -0.4 is 5.32 Å². The highest BCUT2D eigenvalue weighted by molar-refractivity contribution is 5.57. The topological polar surface area (TPSA) is 29.9 Å². The van der Waals surface area contributed by atoms with Gasteiger partial charge in [0, 0.05) is 26.0 Å². The molecule has 0 saturated heterocycles. The molecule has 0 aliphatic heterocycles. The Kier molecular flexibility index (Phi) is 4.10. The summed E-state index contributed by atoms with van der Waals surface area (Å²) in [6, 6.07) is 5.18. The van der Waals surface area contributed by atoms with Crippen LogP contribution in [0.5, 0.6) is 0 Å². The van der Waals surface area contributed by atoms with E-state index in [2.05, 4.69) is 17.2 Å². The SMILES string of the molecule is CCCNCc1ccc(F)c(-c2nccn2C)c1. The van der Waals surface area contributed by atoms with Crippen molar-refractivity contribution in [3.05, 3.63) is 42.0 Å². The second-order valence-electron chi connectivity index (χ2n) is 4.35. The average molecular weight is 247 g/mol. The Morgan fingerprint density at radius 2 is 2.22 bits per heavy atom. The van der Waals surface area contributed by atoms with Gasteiger partial charge in [0.1, 0.15) is 11.6 Å². The number of nitrogens with one attached hydrogen (secondary N) is 1. The maximum absolute atomic E-state index is 13.8. The van der Waals surface area contributed by atoms with Gasteiger partial charge in [-0.15, -0.1) is 0 Å². The summed E-state index contributed by atoms with van der Waals surface area (Å²) in [5.41, 5.74) is 1.63. The first kappa shape index (κ1) is 12.8. The predicted molar refractivity (Wildman–Crippen MR) is 70.6 cm³/mol. The minimum Gasteiger partial charge on any atom is -0.334 e. The third-order valence-corrected chi connectivity index (χ3v) is 2.85. The zero-order valence-corrected chi connectivity index (χ0v) is 10.8. The van der Waals surface area contributed by atoms with Gasteiger partial charge < -0.3 is 9.88 Å². The summed E-state index contributed by atoms with van der Waals surface area (Å²) in [4.78, 5) is 4.19. The molecule has 0 saturated carbocycles. The van der Waals surface area contributed by atoms with Crippen LogP contribution in [0.1, 0.15) is 18.9 Å². The number of hydrogen-bond acceptors (Lipinski definition) is 2. The Balaban J connectivity index is 2.25. The number of nitrogens with zero attached hydrogens (tertiary/aromatic N) is 2. The van der Waals surface area contributed by atoms with E-state index in [1.807, 2.05) is 29.9 Å². The van der Waals surface area contributed by atoms with Crippen LogP contribution in [0, 0.1) is 5.82 Å². The number of benzene rings is 1. The molecule has 18 heavy (non-hydrogen) atoms. The number of aryl methyl sites for hydroxylation is 1. The molecule has 0 aliphatic rings. The molecule has 0 radical (unpaired) electrons. The third-order valence-electron chi connectivity index (χ3n) is 2.85. The highest BCUT2D eigenvalue weighted by Gasteiger charge is 2.10. The standard InChI is InChI=1S/C14H18FN3/c1-3-6-16-10-11-4-5-13(15)12(9-11)14-17-7-8-18(14)2/h4-5,7-9,16H,3,6,10H2,1-2H3. The lowest BCUT2D eigenvalue weighted by molar-refractivity contribution is 0.625. The monoisotopic (exact) mass is 247 g/mol. The summed E-state index contributed by atoms with van der Waals surface area (Å²) in [5, 5.41) is 3.31. The Hall–Kier alpha value is -1.68. The molecule has 96 valence electrons. The molecule has 0 atom stereocenters. The Bertz CT molecular complexity index is 520. The van der Waals surface area contributed by atoms with Gasteiger partial charge in [-0.3, -0.25) is 0 Å². The van der Waals surface area contributed by atoms with E-state index in [0.29, 0.717) is 11.4 Å². The average Bonchev–Trinajstić information content (AvgIpc) is 2.78. The van der Waals surface area contributed by atoms with Gasteiger partial charge in [-0.05, 0) is 30.7 Å². The van der Waals surface area contributed by atoms with Crippen molar-refractivity contribution in [2.45, 2.75) is 19.9 Å². The summed E-state index contributed by atoms with van der Waals surface area (Å²) in [7, 11) is 1.86. The lowest BCUT2D eigenvalue weighted by atomic mass is 10.1. The fourth-order valence-electron chi connectivity index (χ4n) is 1.89. The van der Waals surface area contributed by atoms with Crippen LogP contribution in [-0.2, 0) is 13.6 Å². The summed E-state index contributed by atoms with van der Waals surface area (Å²) in [6.07, 6.45) is 4.58. The second-order valence-corrected chi connectivity index (χ2v) is 4.35. The van der Waals surface area contributed by atoms with Crippen LogP contribution in [0.3, 0.4) is 0 Å². The van der Waals surface area contributed by atoms with E-state index < -0.39 is 0 Å². The van der Waals surface area contributed by atoms with E-state index in [9.17, 15) is 4.39 Å². The minimum absolute atomic E-state index is 0.233. The quantitative estimate of drug-likeness (QED) is 0.823. The Morgan fingerprint density at radius 3 is 2.89 bits per heavy atom. The van der Waals surface area contributed by atoms with Crippen LogP contribution >= 0.6 is 0 Å². The van der Waals surface area contributed by atoms with Crippen LogP contribution in [0.4, 0.5) is 4.39 Å². The van der Waals surface area contributed by atoms with E-state index in [1.165, 1.54) is 6.07 Å². The molecule has 0 fully saturated rings. The van der Waals surface area contributed by atoms with E-state index in [0.717, 1.165) is 25.1 Å². The zero-order chi connectivity index (χ0) is 13.0. The summed E-state index contributed by atoms with van der Waals surface area (Å²) < 4.78 is 15.6. The normalized spacial score (nSPS) is 10.8. The molecule has 4 heteroatoms. The second kappa shape index (κ2) is 5.78. The van der Waals surface area contributed by atoms with Crippen molar-refractivity contribution in [1.29, 1.82) is 0 Å². The van der Waals surface area contributed by atoms with E-state index in [-0.39, 0.29) is 5.82 Å². The summed E-state index contributed by atoms with van der Waals surface area (Å²) in [5.74, 6) is 0.424. The molecule has 0 amide bonds. The largest absolute Gasteiger partial charge is 0.334 e. The fraction of sp³-hybridized carbons (Fsp3) is 0.357. The highest BCUT2D eigenvalue weighted by Crippen LogP contribution is 2.22. The lowest BCUT2D eigenvalue weighted by Gasteiger charge is -2.08. The van der Waals surface area contributed by atoms with Gasteiger partial charge in [-0.1, -0.05) is 13.0 Å². The predicted octanol–water partition coefficient (Wildman–Crippen LogP) is 2.73. The molecule has 1 aromatic heterocycles. The number of hydrogen-bond donors (Lipinski definition) is 1. The molecular formula is C14H18FN3. The van der Waals surface area contributed by atoms with E-state index >= 15 is 0 Å². The minimum atomic E-state index is -0.233. The molecule has 2 rings (SSSR count). The van der Waals surface area contributed by atoms with Crippen molar-refractivity contribution in [3.8, 4) is 11.4 Å².